The molecule has 0 atom stereocenters. The van der Waals surface area contributed by atoms with Crippen LogP contribution in [0.15, 0.2) is 77.7 Å². The predicted octanol–water partition coefficient (Wildman–Crippen LogP) is 4.21. The number of thiophene rings is 1. The summed E-state index contributed by atoms with van der Waals surface area (Å²) in [6.07, 6.45) is 1.79. The first-order chi connectivity index (χ1) is 15.6. The van der Waals surface area contributed by atoms with Crippen LogP contribution in [0.25, 0.3) is 10.1 Å². The Balaban J connectivity index is 1.33. The van der Waals surface area contributed by atoms with Gasteiger partial charge < -0.3 is 14.4 Å². The Hall–Kier alpha value is -3.45. The highest BCUT2D eigenvalue weighted by Crippen LogP contribution is 2.26. The Morgan fingerprint density at radius 1 is 0.938 bits per heavy atom. The standard InChI is InChI=1S/C25H22FN3O2S/c26-20-8-4-5-9-21(20)27-12-14-28(15-13-27)25(31)23-16-19-22(32-23)10-11-29(24(19)30)17-18-6-2-1-3-7-18/h1-11,16H,12-15,17H2. The quantitative estimate of drug-likeness (QED) is 0.471. The molecule has 1 aliphatic heterocycles. The average Bonchev–Trinajstić information content (AvgIpc) is 3.27. The van der Waals surface area contributed by atoms with Gasteiger partial charge in [0.15, 0.2) is 0 Å². The molecule has 1 aliphatic rings. The van der Waals surface area contributed by atoms with Gasteiger partial charge in [-0.3, -0.25) is 9.59 Å². The number of amides is 1. The molecule has 1 fully saturated rings. The number of fused-ring (bicyclic) bond motifs is 1. The second kappa shape index (κ2) is 8.59. The minimum Gasteiger partial charge on any atom is -0.366 e. The minimum atomic E-state index is -0.247. The maximum Gasteiger partial charge on any atom is 0.264 e. The van der Waals surface area contributed by atoms with Crippen molar-refractivity contribution in [1.29, 1.82) is 0 Å². The number of nitrogens with zero attached hydrogens (tertiary/aromatic N) is 3. The number of pyridine rings is 1. The van der Waals surface area contributed by atoms with Crippen molar-refractivity contribution in [2.75, 3.05) is 31.1 Å². The third kappa shape index (κ3) is 3.91. The number of para-hydroxylation sites is 1. The molecule has 0 radical (unpaired) electrons. The number of benzene rings is 2. The number of aromatic nitrogens is 1. The zero-order chi connectivity index (χ0) is 22.1. The van der Waals surface area contributed by atoms with E-state index in [1.807, 2.05) is 47.4 Å². The van der Waals surface area contributed by atoms with E-state index >= 15 is 0 Å². The third-order valence-corrected chi connectivity index (χ3v) is 6.91. The topological polar surface area (TPSA) is 45.6 Å². The minimum absolute atomic E-state index is 0.0756. The SMILES string of the molecule is O=C(c1cc2c(=O)n(Cc3ccccc3)ccc2s1)N1CCN(c2ccccc2F)CC1. The van der Waals surface area contributed by atoms with Gasteiger partial charge in [0.25, 0.3) is 11.5 Å². The largest absolute Gasteiger partial charge is 0.366 e. The molecule has 2 aromatic carbocycles. The fourth-order valence-electron chi connectivity index (χ4n) is 4.10. The van der Waals surface area contributed by atoms with Crippen molar-refractivity contribution in [1.82, 2.24) is 9.47 Å². The van der Waals surface area contributed by atoms with Crippen LogP contribution in [0.1, 0.15) is 15.2 Å². The molecular weight excluding hydrogens is 425 g/mol. The Bertz CT molecular complexity index is 1320. The lowest BCUT2D eigenvalue weighted by Crippen LogP contribution is -2.48. The van der Waals surface area contributed by atoms with Gasteiger partial charge in [-0.05, 0) is 29.8 Å². The maximum absolute atomic E-state index is 14.1. The summed E-state index contributed by atoms with van der Waals surface area (Å²) in [5, 5.41) is 0.571. The summed E-state index contributed by atoms with van der Waals surface area (Å²) in [5.41, 5.74) is 1.53. The highest BCUT2D eigenvalue weighted by molar-refractivity contribution is 7.20. The van der Waals surface area contributed by atoms with Crippen LogP contribution >= 0.6 is 11.3 Å². The molecule has 32 heavy (non-hydrogen) atoms. The number of hydrogen-bond acceptors (Lipinski definition) is 4. The lowest BCUT2D eigenvalue weighted by molar-refractivity contribution is 0.0751. The molecule has 0 N–H and O–H groups in total. The maximum atomic E-state index is 14.1. The Kier molecular flexibility index (Phi) is 5.49. The number of hydrogen-bond donors (Lipinski definition) is 0. The predicted molar refractivity (Wildman–Crippen MR) is 126 cm³/mol. The van der Waals surface area contributed by atoms with E-state index < -0.39 is 0 Å². The van der Waals surface area contributed by atoms with Crippen LogP contribution in [0.5, 0.6) is 0 Å². The van der Waals surface area contributed by atoms with Gasteiger partial charge in [0, 0.05) is 37.1 Å². The lowest BCUT2D eigenvalue weighted by Gasteiger charge is -2.36. The van der Waals surface area contributed by atoms with Gasteiger partial charge >= 0.3 is 0 Å². The van der Waals surface area contributed by atoms with E-state index in [2.05, 4.69) is 0 Å². The van der Waals surface area contributed by atoms with Gasteiger partial charge in [0.1, 0.15) is 5.82 Å². The number of halogens is 1. The molecule has 0 unspecified atom stereocenters. The Labute approximate surface area is 188 Å². The summed E-state index contributed by atoms with van der Waals surface area (Å²) < 4.78 is 16.6. The summed E-state index contributed by atoms with van der Waals surface area (Å²) in [7, 11) is 0. The molecular formula is C25H22FN3O2S. The van der Waals surface area contributed by atoms with Crippen LogP contribution in [0.4, 0.5) is 10.1 Å². The van der Waals surface area contributed by atoms with Crippen LogP contribution in [0.2, 0.25) is 0 Å². The summed E-state index contributed by atoms with van der Waals surface area (Å²) in [6.45, 7) is 2.66. The number of anilines is 1. The number of carbonyl (C=O) groups excluding carboxylic acids is 1. The van der Waals surface area contributed by atoms with Crippen molar-refractivity contribution in [3.63, 3.8) is 0 Å². The van der Waals surface area contributed by atoms with Gasteiger partial charge in [-0.15, -0.1) is 11.3 Å². The van der Waals surface area contributed by atoms with Gasteiger partial charge in [0.05, 0.1) is 22.5 Å². The molecule has 4 aromatic rings. The van der Waals surface area contributed by atoms with Crippen LogP contribution in [0.3, 0.4) is 0 Å². The molecule has 162 valence electrons. The number of rotatable bonds is 4. The lowest BCUT2D eigenvalue weighted by atomic mass is 10.2. The summed E-state index contributed by atoms with van der Waals surface area (Å²) >= 11 is 1.35. The smallest absolute Gasteiger partial charge is 0.264 e. The van der Waals surface area contributed by atoms with Crippen molar-refractivity contribution in [2.24, 2.45) is 0 Å². The molecule has 1 amide bonds. The second-order valence-corrected chi connectivity index (χ2v) is 8.94. The van der Waals surface area contributed by atoms with Crippen molar-refractivity contribution >= 4 is 33.0 Å². The number of carbonyl (C=O) groups is 1. The van der Waals surface area contributed by atoms with E-state index in [0.29, 0.717) is 48.7 Å². The van der Waals surface area contributed by atoms with Crippen molar-refractivity contribution < 1.29 is 9.18 Å². The highest BCUT2D eigenvalue weighted by Gasteiger charge is 2.25. The first kappa shape index (κ1) is 20.5. The normalized spacial score (nSPS) is 14.2. The second-order valence-electron chi connectivity index (χ2n) is 7.85. The fourth-order valence-corrected chi connectivity index (χ4v) is 5.12. The first-order valence-corrected chi connectivity index (χ1v) is 11.4. The van der Waals surface area contributed by atoms with Crippen LogP contribution in [-0.2, 0) is 6.54 Å². The number of piperazine rings is 1. The van der Waals surface area contributed by atoms with Gasteiger partial charge in [-0.2, -0.15) is 0 Å². The first-order valence-electron chi connectivity index (χ1n) is 10.6. The molecule has 0 bridgehead atoms. The zero-order valence-electron chi connectivity index (χ0n) is 17.4. The van der Waals surface area contributed by atoms with E-state index in [-0.39, 0.29) is 17.3 Å². The van der Waals surface area contributed by atoms with E-state index in [9.17, 15) is 14.0 Å². The fraction of sp³-hybridized carbons (Fsp3) is 0.200. The molecule has 2 aromatic heterocycles. The van der Waals surface area contributed by atoms with E-state index in [1.54, 1.807) is 33.9 Å². The molecule has 3 heterocycles. The van der Waals surface area contributed by atoms with E-state index in [1.165, 1.54) is 17.4 Å². The van der Waals surface area contributed by atoms with Gasteiger partial charge in [0.2, 0.25) is 0 Å². The Morgan fingerprint density at radius 2 is 1.66 bits per heavy atom. The molecule has 5 nitrogen and oxygen atoms in total. The van der Waals surface area contributed by atoms with Crippen molar-refractivity contribution in [3.8, 4) is 0 Å². The van der Waals surface area contributed by atoms with Crippen molar-refractivity contribution in [2.45, 2.75) is 6.54 Å². The van der Waals surface area contributed by atoms with E-state index in [4.69, 9.17) is 0 Å². The van der Waals surface area contributed by atoms with E-state index in [0.717, 1.165) is 10.3 Å². The van der Waals surface area contributed by atoms with Gasteiger partial charge in [-0.1, -0.05) is 42.5 Å². The highest BCUT2D eigenvalue weighted by atomic mass is 32.1. The van der Waals surface area contributed by atoms with Crippen LogP contribution in [0, 0.1) is 5.82 Å². The average molecular weight is 448 g/mol. The molecule has 1 saturated heterocycles. The summed E-state index contributed by atoms with van der Waals surface area (Å²) in [6, 6.07) is 20.1. The van der Waals surface area contributed by atoms with Crippen molar-refractivity contribution in [3.05, 3.63) is 99.5 Å². The molecule has 5 rings (SSSR count). The monoisotopic (exact) mass is 447 g/mol. The molecule has 0 aliphatic carbocycles. The van der Waals surface area contributed by atoms with Crippen LogP contribution in [-0.4, -0.2) is 41.6 Å². The summed E-state index contributed by atoms with van der Waals surface area (Å²) in [4.78, 5) is 30.4. The third-order valence-electron chi connectivity index (χ3n) is 5.82. The van der Waals surface area contributed by atoms with Gasteiger partial charge in [-0.25, -0.2) is 4.39 Å². The molecule has 7 heteroatoms. The summed E-state index contributed by atoms with van der Waals surface area (Å²) in [5.74, 6) is -0.322. The Morgan fingerprint density at radius 3 is 2.41 bits per heavy atom. The molecule has 0 spiro atoms. The molecule has 0 saturated carbocycles. The zero-order valence-corrected chi connectivity index (χ0v) is 18.2. The van der Waals surface area contributed by atoms with Crippen LogP contribution < -0.4 is 10.5 Å².